The molecular weight excluding hydrogens is 352 g/mol. The molecule has 2 aliphatic heterocycles. The summed E-state index contributed by atoms with van der Waals surface area (Å²) in [6.07, 6.45) is -2.45. The molecule has 1 aromatic heterocycles. The van der Waals surface area contributed by atoms with E-state index in [2.05, 4.69) is 4.98 Å². The Morgan fingerprint density at radius 2 is 2.08 bits per heavy atom. The molecule has 2 atom stereocenters. The highest BCUT2D eigenvalue weighted by Crippen LogP contribution is 2.39. The van der Waals surface area contributed by atoms with Gasteiger partial charge in [-0.2, -0.15) is 0 Å². The van der Waals surface area contributed by atoms with Crippen molar-refractivity contribution in [3.63, 3.8) is 0 Å². The first-order valence-corrected chi connectivity index (χ1v) is 8.68. The van der Waals surface area contributed by atoms with E-state index in [0.29, 0.717) is 25.3 Å². The van der Waals surface area contributed by atoms with Gasteiger partial charge in [0.15, 0.2) is 0 Å². The maximum atomic E-state index is 13.1. The van der Waals surface area contributed by atoms with E-state index < -0.39 is 12.0 Å². The first kappa shape index (κ1) is 18.2. The second-order valence-electron chi connectivity index (χ2n) is 7.64. The summed E-state index contributed by atoms with van der Waals surface area (Å²) >= 11 is 5.94. The van der Waals surface area contributed by atoms with Crippen LogP contribution in [0.25, 0.3) is 0 Å². The van der Waals surface area contributed by atoms with Crippen molar-refractivity contribution in [1.29, 1.82) is 0 Å². The minimum Gasteiger partial charge on any atom is -0.444 e. The number of fused-ring (bicyclic) bond motifs is 3. The molecule has 138 valence electrons. The Hall–Kier alpha value is -1.63. The molecular formula is C17H22ClF2N3O2. The van der Waals surface area contributed by atoms with Crippen molar-refractivity contribution in [1.82, 2.24) is 9.88 Å². The van der Waals surface area contributed by atoms with E-state index in [1.807, 2.05) is 32.6 Å². The van der Waals surface area contributed by atoms with Gasteiger partial charge in [0.1, 0.15) is 17.1 Å². The first-order valence-electron chi connectivity index (χ1n) is 8.30. The average molecular weight is 374 g/mol. The van der Waals surface area contributed by atoms with Crippen molar-refractivity contribution in [2.75, 3.05) is 18.0 Å². The van der Waals surface area contributed by atoms with Gasteiger partial charge in [0.05, 0.1) is 11.1 Å². The van der Waals surface area contributed by atoms with E-state index in [4.69, 9.17) is 16.3 Å². The number of halogens is 3. The molecule has 1 aromatic rings. The normalized spacial score (nSPS) is 22.9. The van der Waals surface area contributed by atoms with Crippen LogP contribution in [0.15, 0.2) is 6.07 Å². The number of ether oxygens (including phenoxy) is 1. The number of piperazine rings is 1. The molecule has 0 radical (unpaired) electrons. The van der Waals surface area contributed by atoms with Crippen molar-refractivity contribution in [2.24, 2.45) is 0 Å². The molecule has 0 saturated carbocycles. The minimum absolute atomic E-state index is 0.00903. The van der Waals surface area contributed by atoms with E-state index in [-0.39, 0.29) is 28.9 Å². The van der Waals surface area contributed by atoms with Crippen LogP contribution in [0.2, 0.25) is 5.02 Å². The van der Waals surface area contributed by atoms with Crippen molar-refractivity contribution >= 4 is 23.5 Å². The van der Waals surface area contributed by atoms with Gasteiger partial charge in [-0.1, -0.05) is 11.6 Å². The number of rotatable bonds is 1. The SMILES string of the molecule is C[C@@H]1CN(C(=O)OC(C)(C)C)C[C@H]2Cc3cc(Cl)c(C(F)F)nc3N21. The van der Waals surface area contributed by atoms with E-state index in [1.54, 1.807) is 11.0 Å². The molecule has 0 spiro atoms. The third-order valence-corrected chi connectivity index (χ3v) is 4.70. The fraction of sp³-hybridized carbons (Fsp3) is 0.647. The zero-order chi connectivity index (χ0) is 18.5. The molecule has 8 heteroatoms. The van der Waals surface area contributed by atoms with Crippen molar-refractivity contribution in [3.05, 3.63) is 22.3 Å². The van der Waals surface area contributed by atoms with Gasteiger partial charge in [0.25, 0.3) is 6.43 Å². The molecule has 0 unspecified atom stereocenters. The molecule has 3 rings (SSSR count). The lowest BCUT2D eigenvalue weighted by molar-refractivity contribution is 0.0191. The molecule has 25 heavy (non-hydrogen) atoms. The summed E-state index contributed by atoms with van der Waals surface area (Å²) in [4.78, 5) is 20.2. The van der Waals surface area contributed by atoms with Gasteiger partial charge < -0.3 is 14.5 Å². The highest BCUT2D eigenvalue weighted by atomic mass is 35.5. The molecule has 0 N–H and O–H groups in total. The Balaban J connectivity index is 1.83. The molecule has 1 amide bonds. The molecule has 2 aliphatic rings. The number of alkyl halides is 2. The second kappa shape index (κ2) is 6.27. The number of amides is 1. The Morgan fingerprint density at radius 3 is 2.68 bits per heavy atom. The largest absolute Gasteiger partial charge is 0.444 e. The van der Waals surface area contributed by atoms with Gasteiger partial charge in [0, 0.05) is 19.1 Å². The smallest absolute Gasteiger partial charge is 0.410 e. The third-order valence-electron chi connectivity index (χ3n) is 4.40. The summed E-state index contributed by atoms with van der Waals surface area (Å²) in [5.74, 6) is 0.557. The summed E-state index contributed by atoms with van der Waals surface area (Å²) in [7, 11) is 0. The number of anilines is 1. The van der Waals surface area contributed by atoms with E-state index in [0.717, 1.165) is 5.56 Å². The quantitative estimate of drug-likeness (QED) is 0.745. The van der Waals surface area contributed by atoms with Crippen molar-refractivity contribution in [2.45, 2.75) is 58.2 Å². The molecule has 5 nitrogen and oxygen atoms in total. The lowest BCUT2D eigenvalue weighted by Gasteiger charge is -2.43. The molecule has 0 bridgehead atoms. The third kappa shape index (κ3) is 3.52. The van der Waals surface area contributed by atoms with Crippen LogP contribution in [-0.4, -0.2) is 46.8 Å². The summed E-state index contributed by atoms with van der Waals surface area (Å²) in [5, 5.41) is -0.00903. The Labute approximate surface area is 150 Å². The number of carbonyl (C=O) groups is 1. The standard InChI is InChI=1S/C17H22ClF2N3O2/c1-9-7-22(16(24)25-17(2,3)4)8-11-5-10-6-12(18)13(14(19)20)21-15(10)23(9)11/h6,9,11,14H,5,7-8H2,1-4H3/t9-,11-/m1/s1. The molecule has 0 aromatic carbocycles. The first-order chi connectivity index (χ1) is 11.6. The van der Waals surface area contributed by atoms with Crippen LogP contribution in [-0.2, 0) is 11.2 Å². The number of pyridine rings is 1. The highest BCUT2D eigenvalue weighted by molar-refractivity contribution is 6.31. The summed E-state index contributed by atoms with van der Waals surface area (Å²) in [6.45, 7) is 8.36. The van der Waals surface area contributed by atoms with Gasteiger partial charge in [-0.15, -0.1) is 0 Å². The molecule has 0 aliphatic carbocycles. The summed E-state index contributed by atoms with van der Waals surface area (Å²) in [5.41, 5.74) is -0.0997. The second-order valence-corrected chi connectivity index (χ2v) is 8.05. The average Bonchev–Trinajstić information content (AvgIpc) is 2.81. The van der Waals surface area contributed by atoms with Gasteiger partial charge >= 0.3 is 6.09 Å². The van der Waals surface area contributed by atoms with Crippen LogP contribution in [0.4, 0.5) is 19.4 Å². The minimum atomic E-state index is -2.71. The number of nitrogens with zero attached hydrogens (tertiary/aromatic N) is 3. The molecule has 3 heterocycles. The van der Waals surface area contributed by atoms with Crippen LogP contribution >= 0.6 is 11.6 Å². The van der Waals surface area contributed by atoms with Crippen molar-refractivity contribution in [3.8, 4) is 0 Å². The lowest BCUT2D eigenvalue weighted by atomic mass is 10.1. The molecule has 1 fully saturated rings. The predicted octanol–water partition coefficient (Wildman–Crippen LogP) is 4.04. The van der Waals surface area contributed by atoms with Gasteiger partial charge in [0.2, 0.25) is 0 Å². The predicted molar refractivity (Wildman–Crippen MR) is 91.4 cm³/mol. The number of carbonyl (C=O) groups excluding carboxylic acids is 1. The molecule has 1 saturated heterocycles. The van der Waals surface area contributed by atoms with Crippen LogP contribution < -0.4 is 4.90 Å². The Kier molecular flexibility index (Phi) is 4.56. The fourth-order valence-corrected chi connectivity index (χ4v) is 3.77. The lowest BCUT2D eigenvalue weighted by Crippen LogP contribution is -2.58. The zero-order valence-electron chi connectivity index (χ0n) is 14.7. The summed E-state index contributed by atoms with van der Waals surface area (Å²) in [6, 6.07) is 1.52. The number of aromatic nitrogens is 1. The van der Waals surface area contributed by atoms with Crippen LogP contribution in [0.5, 0.6) is 0 Å². The monoisotopic (exact) mass is 373 g/mol. The van der Waals surface area contributed by atoms with E-state index in [9.17, 15) is 13.6 Å². The van der Waals surface area contributed by atoms with Crippen LogP contribution in [0.1, 0.15) is 45.4 Å². The van der Waals surface area contributed by atoms with Gasteiger partial charge in [-0.05, 0) is 45.7 Å². The topological polar surface area (TPSA) is 45.7 Å². The fourth-order valence-electron chi connectivity index (χ4n) is 3.52. The number of hydrogen-bond acceptors (Lipinski definition) is 4. The van der Waals surface area contributed by atoms with Crippen molar-refractivity contribution < 1.29 is 18.3 Å². The Bertz CT molecular complexity index is 693. The van der Waals surface area contributed by atoms with Gasteiger partial charge in [-0.25, -0.2) is 18.6 Å². The van der Waals surface area contributed by atoms with E-state index in [1.165, 1.54) is 0 Å². The maximum Gasteiger partial charge on any atom is 0.410 e. The number of hydrogen-bond donors (Lipinski definition) is 0. The van der Waals surface area contributed by atoms with Crippen LogP contribution in [0.3, 0.4) is 0 Å². The Morgan fingerprint density at radius 1 is 1.40 bits per heavy atom. The maximum absolute atomic E-state index is 13.1. The summed E-state index contributed by atoms with van der Waals surface area (Å²) < 4.78 is 31.7. The zero-order valence-corrected chi connectivity index (χ0v) is 15.5. The van der Waals surface area contributed by atoms with Gasteiger partial charge in [-0.3, -0.25) is 0 Å². The van der Waals surface area contributed by atoms with E-state index >= 15 is 0 Å². The van der Waals surface area contributed by atoms with Crippen LogP contribution in [0, 0.1) is 0 Å². The highest BCUT2D eigenvalue weighted by Gasteiger charge is 2.42.